The van der Waals surface area contributed by atoms with Crippen LogP contribution in [0, 0.1) is 0 Å². The molecule has 1 saturated heterocycles. The zero-order chi connectivity index (χ0) is 11.5. The first-order valence-electron chi connectivity index (χ1n) is 5.41. The van der Waals surface area contributed by atoms with Crippen LogP contribution in [0.3, 0.4) is 0 Å². The van der Waals surface area contributed by atoms with Gasteiger partial charge in [0.05, 0.1) is 18.8 Å². The third-order valence-electron chi connectivity index (χ3n) is 2.88. The van der Waals surface area contributed by atoms with Crippen molar-refractivity contribution in [2.24, 2.45) is 0 Å². The largest absolute Gasteiger partial charge is 0.501 e. The maximum absolute atomic E-state index is 9.42. The summed E-state index contributed by atoms with van der Waals surface area (Å²) >= 11 is 0. The summed E-state index contributed by atoms with van der Waals surface area (Å²) in [4.78, 5) is 28.2. The Kier molecular flexibility index (Phi) is 4.27. The summed E-state index contributed by atoms with van der Waals surface area (Å²) in [6, 6.07) is 0. The standard InChI is InChI=1S/C9H20O5Si/c1-3-8(15(10,11)12)9(4-2)13-6-5-7-14-9/h8,10-12H,3-7H2,1-2H3. The van der Waals surface area contributed by atoms with E-state index in [0.717, 1.165) is 6.42 Å². The van der Waals surface area contributed by atoms with Gasteiger partial charge in [0.25, 0.3) is 0 Å². The molecule has 90 valence electrons. The maximum Gasteiger partial charge on any atom is 0.501 e. The monoisotopic (exact) mass is 236 g/mol. The molecule has 1 fully saturated rings. The molecular weight excluding hydrogens is 216 g/mol. The van der Waals surface area contributed by atoms with Crippen molar-refractivity contribution in [2.75, 3.05) is 13.2 Å². The minimum atomic E-state index is -4.22. The van der Waals surface area contributed by atoms with Crippen LogP contribution < -0.4 is 0 Å². The molecule has 0 amide bonds. The van der Waals surface area contributed by atoms with E-state index in [2.05, 4.69) is 0 Å². The van der Waals surface area contributed by atoms with E-state index in [1.807, 2.05) is 6.92 Å². The minimum Gasteiger partial charge on any atom is -0.390 e. The molecule has 1 aliphatic rings. The number of rotatable bonds is 4. The molecule has 15 heavy (non-hydrogen) atoms. The highest BCUT2D eigenvalue weighted by atomic mass is 28.4. The Morgan fingerprint density at radius 2 is 1.73 bits per heavy atom. The van der Waals surface area contributed by atoms with Gasteiger partial charge in [-0.3, -0.25) is 0 Å². The summed E-state index contributed by atoms with van der Waals surface area (Å²) in [6.45, 7) is 4.71. The van der Waals surface area contributed by atoms with Crippen molar-refractivity contribution in [3.63, 3.8) is 0 Å². The van der Waals surface area contributed by atoms with Gasteiger partial charge in [-0.15, -0.1) is 0 Å². The fraction of sp³-hybridized carbons (Fsp3) is 1.00. The van der Waals surface area contributed by atoms with E-state index >= 15 is 0 Å². The van der Waals surface area contributed by atoms with E-state index in [9.17, 15) is 14.4 Å². The number of hydrogen-bond donors (Lipinski definition) is 3. The zero-order valence-electron chi connectivity index (χ0n) is 9.27. The van der Waals surface area contributed by atoms with Gasteiger partial charge in [-0.1, -0.05) is 13.8 Å². The molecule has 0 aliphatic carbocycles. The summed E-state index contributed by atoms with van der Waals surface area (Å²) in [7, 11) is -4.22. The first kappa shape index (κ1) is 13.1. The van der Waals surface area contributed by atoms with Crippen molar-refractivity contribution in [3.05, 3.63) is 0 Å². The molecule has 1 atom stereocenters. The lowest BCUT2D eigenvalue weighted by atomic mass is 10.1. The van der Waals surface area contributed by atoms with Gasteiger partial charge >= 0.3 is 8.80 Å². The van der Waals surface area contributed by atoms with E-state index in [-0.39, 0.29) is 0 Å². The third-order valence-corrected chi connectivity index (χ3v) is 4.66. The summed E-state index contributed by atoms with van der Waals surface area (Å²) in [5.41, 5.74) is -0.727. The average molecular weight is 236 g/mol. The molecule has 3 N–H and O–H groups in total. The first-order valence-corrected chi connectivity index (χ1v) is 7.33. The van der Waals surface area contributed by atoms with E-state index in [1.165, 1.54) is 0 Å². The van der Waals surface area contributed by atoms with Gasteiger partial charge in [0.15, 0.2) is 5.79 Å². The molecule has 0 saturated carbocycles. The average Bonchev–Trinajstić information content (AvgIpc) is 2.18. The Bertz CT molecular complexity index is 197. The Morgan fingerprint density at radius 1 is 1.20 bits per heavy atom. The number of hydrogen-bond acceptors (Lipinski definition) is 5. The van der Waals surface area contributed by atoms with E-state index in [4.69, 9.17) is 9.47 Å². The second kappa shape index (κ2) is 4.90. The Morgan fingerprint density at radius 3 is 2.07 bits per heavy atom. The second-order valence-corrected chi connectivity index (χ2v) is 5.94. The van der Waals surface area contributed by atoms with Gasteiger partial charge in [-0.2, -0.15) is 0 Å². The van der Waals surface area contributed by atoms with Crippen molar-refractivity contribution in [2.45, 2.75) is 44.4 Å². The molecular formula is C9H20O5Si. The third kappa shape index (κ3) is 2.77. The highest BCUT2D eigenvalue weighted by Gasteiger charge is 2.54. The topological polar surface area (TPSA) is 79.2 Å². The van der Waals surface area contributed by atoms with Crippen molar-refractivity contribution in [1.29, 1.82) is 0 Å². The van der Waals surface area contributed by atoms with Crippen LogP contribution in [0.2, 0.25) is 5.54 Å². The van der Waals surface area contributed by atoms with Crippen molar-refractivity contribution in [3.8, 4) is 0 Å². The molecule has 0 aromatic rings. The molecule has 5 nitrogen and oxygen atoms in total. The van der Waals surface area contributed by atoms with Crippen LogP contribution in [0.4, 0.5) is 0 Å². The molecule has 0 aromatic heterocycles. The van der Waals surface area contributed by atoms with Gasteiger partial charge in [0.1, 0.15) is 0 Å². The fourth-order valence-corrected chi connectivity index (χ4v) is 3.63. The highest BCUT2D eigenvalue weighted by molar-refractivity contribution is 6.58. The minimum absolute atomic E-state index is 0.420. The van der Waals surface area contributed by atoms with Crippen LogP contribution in [0.15, 0.2) is 0 Å². The summed E-state index contributed by atoms with van der Waals surface area (Å²) < 4.78 is 11.1. The molecule has 6 heteroatoms. The summed E-state index contributed by atoms with van der Waals surface area (Å²) in [5.74, 6) is -1.02. The van der Waals surface area contributed by atoms with Crippen LogP contribution in [-0.2, 0) is 9.47 Å². The van der Waals surface area contributed by atoms with Crippen LogP contribution in [-0.4, -0.2) is 42.2 Å². The van der Waals surface area contributed by atoms with Gasteiger partial charge in [-0.05, 0) is 19.3 Å². The van der Waals surface area contributed by atoms with E-state index < -0.39 is 20.1 Å². The quantitative estimate of drug-likeness (QED) is 0.609. The normalized spacial score (nSPS) is 23.8. The lowest BCUT2D eigenvalue weighted by Gasteiger charge is -2.43. The molecule has 0 spiro atoms. The molecule has 1 aliphatic heterocycles. The molecule has 1 unspecified atom stereocenters. The smallest absolute Gasteiger partial charge is 0.390 e. The molecule has 0 radical (unpaired) electrons. The Hall–Kier alpha value is 0.0169. The van der Waals surface area contributed by atoms with Crippen LogP contribution in [0.25, 0.3) is 0 Å². The lowest BCUT2D eigenvalue weighted by molar-refractivity contribution is -0.276. The van der Waals surface area contributed by atoms with Crippen molar-refractivity contribution < 1.29 is 23.9 Å². The van der Waals surface area contributed by atoms with E-state index in [0.29, 0.717) is 26.1 Å². The number of ether oxygens (including phenoxy) is 2. The molecule has 1 heterocycles. The Balaban J connectivity index is 2.86. The van der Waals surface area contributed by atoms with E-state index in [1.54, 1.807) is 6.92 Å². The van der Waals surface area contributed by atoms with Gasteiger partial charge in [-0.25, -0.2) is 0 Å². The summed E-state index contributed by atoms with van der Waals surface area (Å²) in [6.07, 6.45) is 1.72. The predicted octanol–water partition coefficient (Wildman–Crippen LogP) is 0.226. The van der Waals surface area contributed by atoms with Crippen molar-refractivity contribution in [1.82, 2.24) is 0 Å². The van der Waals surface area contributed by atoms with Gasteiger partial charge in [0.2, 0.25) is 0 Å². The van der Waals surface area contributed by atoms with Gasteiger partial charge < -0.3 is 23.9 Å². The SMILES string of the molecule is CCC(C1(CC)OCCCO1)[Si](O)(O)O. The maximum atomic E-state index is 9.42. The lowest BCUT2D eigenvalue weighted by Crippen LogP contribution is -2.56. The zero-order valence-corrected chi connectivity index (χ0v) is 10.3. The first-order chi connectivity index (χ1) is 6.96. The molecule has 0 aromatic carbocycles. The van der Waals surface area contributed by atoms with Crippen LogP contribution in [0.5, 0.6) is 0 Å². The van der Waals surface area contributed by atoms with Crippen LogP contribution in [0.1, 0.15) is 33.1 Å². The van der Waals surface area contributed by atoms with Crippen LogP contribution >= 0.6 is 0 Å². The Labute approximate surface area is 91.0 Å². The highest BCUT2D eigenvalue weighted by Crippen LogP contribution is 2.40. The molecule has 0 bridgehead atoms. The second-order valence-electron chi connectivity index (χ2n) is 3.86. The predicted molar refractivity (Wildman–Crippen MR) is 56.0 cm³/mol. The summed E-state index contributed by atoms with van der Waals surface area (Å²) in [5, 5.41) is 0. The molecule has 1 rings (SSSR count). The fourth-order valence-electron chi connectivity index (χ4n) is 2.12. The van der Waals surface area contributed by atoms with Crippen molar-refractivity contribution >= 4 is 8.80 Å². The van der Waals surface area contributed by atoms with Gasteiger partial charge in [0, 0.05) is 0 Å².